The molecule has 0 aliphatic rings. The summed E-state index contributed by atoms with van der Waals surface area (Å²) >= 11 is 3.56. The van der Waals surface area contributed by atoms with Gasteiger partial charge in [0.05, 0.1) is 13.2 Å². The minimum Gasteiger partial charge on any atom is -0.373 e. The molecule has 0 fully saturated rings. The molecule has 16 heavy (non-hydrogen) atoms. The Morgan fingerprint density at radius 1 is 1.50 bits per heavy atom. The van der Waals surface area contributed by atoms with Gasteiger partial charge in [-0.25, -0.2) is 0 Å². The average molecular weight is 284 g/mol. The zero-order chi connectivity index (χ0) is 11.8. The molecule has 0 heterocycles. The summed E-state index contributed by atoms with van der Waals surface area (Å²) in [6, 6.07) is 6.36. The predicted molar refractivity (Wildman–Crippen MR) is 71.4 cm³/mol. The van der Waals surface area contributed by atoms with Crippen molar-refractivity contribution < 1.29 is 4.74 Å². The summed E-state index contributed by atoms with van der Waals surface area (Å²) < 4.78 is 6.51. The van der Waals surface area contributed by atoms with Crippen LogP contribution in [0.15, 0.2) is 35.3 Å². The molecule has 0 spiro atoms. The molecule has 88 valence electrons. The number of hydrogen-bond donors (Lipinski definition) is 1. The second-order valence-electron chi connectivity index (χ2n) is 3.51. The maximum Gasteiger partial charge on any atom is 0.0732 e. The van der Waals surface area contributed by atoms with Crippen molar-refractivity contribution in [1.82, 2.24) is 5.32 Å². The Balaban J connectivity index is 2.56. The molecule has 0 saturated heterocycles. The van der Waals surface area contributed by atoms with Gasteiger partial charge in [-0.05, 0) is 23.7 Å². The molecular formula is C13H18BrNO. The van der Waals surface area contributed by atoms with E-state index in [2.05, 4.69) is 52.9 Å². The molecule has 1 N–H and O–H groups in total. The van der Waals surface area contributed by atoms with E-state index in [0.29, 0.717) is 13.2 Å². The first kappa shape index (κ1) is 13.4. The van der Waals surface area contributed by atoms with E-state index < -0.39 is 0 Å². The van der Waals surface area contributed by atoms with Crippen LogP contribution in [0.3, 0.4) is 0 Å². The van der Waals surface area contributed by atoms with Gasteiger partial charge in [-0.2, -0.15) is 0 Å². The quantitative estimate of drug-likeness (QED) is 0.613. The second-order valence-corrected chi connectivity index (χ2v) is 4.36. The van der Waals surface area contributed by atoms with Crippen LogP contribution in [0.4, 0.5) is 0 Å². The van der Waals surface area contributed by atoms with Gasteiger partial charge in [0.25, 0.3) is 0 Å². The summed E-state index contributed by atoms with van der Waals surface area (Å²) in [6.45, 7) is 8.82. The second kappa shape index (κ2) is 7.60. The maximum absolute atomic E-state index is 5.41. The van der Waals surface area contributed by atoms with Crippen LogP contribution in [0.5, 0.6) is 0 Å². The predicted octanol–water partition coefficient (Wildman–Crippen LogP) is 3.26. The SMILES string of the molecule is C=CCOCc1ccc(CNCC)cc1Br. The lowest BCUT2D eigenvalue weighted by Gasteiger charge is -2.08. The number of rotatable bonds is 7. The third kappa shape index (κ3) is 4.47. The third-order valence-electron chi connectivity index (χ3n) is 2.19. The first-order valence-corrected chi connectivity index (χ1v) is 6.24. The van der Waals surface area contributed by atoms with E-state index in [1.54, 1.807) is 6.08 Å². The average Bonchev–Trinajstić information content (AvgIpc) is 2.29. The molecular weight excluding hydrogens is 266 g/mol. The van der Waals surface area contributed by atoms with E-state index >= 15 is 0 Å². The fraction of sp³-hybridized carbons (Fsp3) is 0.385. The molecule has 1 aromatic rings. The normalized spacial score (nSPS) is 10.4. The molecule has 2 nitrogen and oxygen atoms in total. The standard InChI is InChI=1S/C13H18BrNO/c1-3-7-16-10-12-6-5-11(8-13(12)14)9-15-4-2/h3,5-6,8,15H,1,4,7,9-10H2,2H3. The molecule has 0 saturated carbocycles. The highest BCUT2D eigenvalue weighted by molar-refractivity contribution is 9.10. The van der Waals surface area contributed by atoms with Crippen LogP contribution < -0.4 is 5.32 Å². The largest absolute Gasteiger partial charge is 0.373 e. The van der Waals surface area contributed by atoms with Crippen molar-refractivity contribution >= 4 is 15.9 Å². The molecule has 0 amide bonds. The van der Waals surface area contributed by atoms with Gasteiger partial charge in [-0.3, -0.25) is 0 Å². The molecule has 0 aliphatic carbocycles. The van der Waals surface area contributed by atoms with Crippen LogP contribution >= 0.6 is 15.9 Å². The monoisotopic (exact) mass is 283 g/mol. The van der Waals surface area contributed by atoms with Crippen LogP contribution in [0, 0.1) is 0 Å². The molecule has 0 aliphatic heterocycles. The molecule has 0 bridgehead atoms. The lowest BCUT2D eigenvalue weighted by atomic mass is 10.1. The molecule has 3 heteroatoms. The number of hydrogen-bond acceptors (Lipinski definition) is 2. The highest BCUT2D eigenvalue weighted by atomic mass is 79.9. The minimum atomic E-state index is 0.589. The van der Waals surface area contributed by atoms with E-state index in [-0.39, 0.29) is 0 Å². The van der Waals surface area contributed by atoms with Gasteiger partial charge in [-0.15, -0.1) is 6.58 Å². The zero-order valence-electron chi connectivity index (χ0n) is 9.63. The van der Waals surface area contributed by atoms with Crippen LogP contribution in [0.1, 0.15) is 18.1 Å². The van der Waals surface area contributed by atoms with Gasteiger partial charge in [0.2, 0.25) is 0 Å². The first-order chi connectivity index (χ1) is 7.77. The van der Waals surface area contributed by atoms with Crippen molar-refractivity contribution in [3.8, 4) is 0 Å². The van der Waals surface area contributed by atoms with Crippen LogP contribution in [0.2, 0.25) is 0 Å². The van der Waals surface area contributed by atoms with Crippen molar-refractivity contribution in [2.75, 3.05) is 13.2 Å². The van der Waals surface area contributed by atoms with E-state index in [4.69, 9.17) is 4.74 Å². The summed E-state index contributed by atoms with van der Waals surface area (Å²) in [7, 11) is 0. The van der Waals surface area contributed by atoms with Gasteiger partial charge >= 0.3 is 0 Å². The Morgan fingerprint density at radius 3 is 2.94 bits per heavy atom. The van der Waals surface area contributed by atoms with Gasteiger partial charge in [0.1, 0.15) is 0 Å². The van der Waals surface area contributed by atoms with Crippen molar-refractivity contribution in [2.24, 2.45) is 0 Å². The molecule has 0 aromatic heterocycles. The van der Waals surface area contributed by atoms with Crippen LogP contribution in [-0.4, -0.2) is 13.2 Å². The third-order valence-corrected chi connectivity index (χ3v) is 2.93. The Morgan fingerprint density at radius 2 is 2.31 bits per heavy atom. The topological polar surface area (TPSA) is 21.3 Å². The van der Waals surface area contributed by atoms with Gasteiger partial charge in [0.15, 0.2) is 0 Å². The van der Waals surface area contributed by atoms with Crippen LogP contribution in [0.25, 0.3) is 0 Å². The first-order valence-electron chi connectivity index (χ1n) is 5.44. The summed E-state index contributed by atoms with van der Waals surface area (Å²) in [5.74, 6) is 0. The van der Waals surface area contributed by atoms with Crippen molar-refractivity contribution in [3.63, 3.8) is 0 Å². The van der Waals surface area contributed by atoms with Crippen molar-refractivity contribution in [3.05, 3.63) is 46.5 Å². The summed E-state index contributed by atoms with van der Waals surface area (Å²) in [5.41, 5.74) is 2.45. The van der Waals surface area contributed by atoms with E-state index in [1.165, 1.54) is 11.1 Å². The highest BCUT2D eigenvalue weighted by Gasteiger charge is 2.01. The van der Waals surface area contributed by atoms with Crippen molar-refractivity contribution in [2.45, 2.75) is 20.1 Å². The Labute approximate surface area is 106 Å². The number of halogens is 1. The Kier molecular flexibility index (Phi) is 6.38. The van der Waals surface area contributed by atoms with E-state index in [9.17, 15) is 0 Å². The Bertz CT molecular complexity index is 339. The molecule has 1 rings (SSSR count). The number of ether oxygens (including phenoxy) is 1. The van der Waals surface area contributed by atoms with Crippen molar-refractivity contribution in [1.29, 1.82) is 0 Å². The van der Waals surface area contributed by atoms with Gasteiger partial charge < -0.3 is 10.1 Å². The van der Waals surface area contributed by atoms with Gasteiger partial charge in [0, 0.05) is 11.0 Å². The van der Waals surface area contributed by atoms with E-state index in [1.807, 2.05) is 0 Å². The lowest BCUT2D eigenvalue weighted by Crippen LogP contribution is -2.11. The van der Waals surface area contributed by atoms with Gasteiger partial charge in [-0.1, -0.05) is 41.1 Å². The molecule has 0 atom stereocenters. The smallest absolute Gasteiger partial charge is 0.0732 e. The summed E-state index contributed by atoms with van der Waals surface area (Å²) in [5, 5.41) is 3.30. The minimum absolute atomic E-state index is 0.589. The lowest BCUT2D eigenvalue weighted by molar-refractivity contribution is 0.148. The molecule has 1 aromatic carbocycles. The molecule has 0 radical (unpaired) electrons. The summed E-state index contributed by atoms with van der Waals surface area (Å²) in [6.07, 6.45) is 1.76. The zero-order valence-corrected chi connectivity index (χ0v) is 11.2. The van der Waals surface area contributed by atoms with Crippen LogP contribution in [-0.2, 0) is 17.9 Å². The van der Waals surface area contributed by atoms with E-state index in [0.717, 1.165) is 17.6 Å². The number of nitrogens with one attached hydrogen (secondary N) is 1. The fourth-order valence-corrected chi connectivity index (χ4v) is 1.88. The highest BCUT2D eigenvalue weighted by Crippen LogP contribution is 2.19. The maximum atomic E-state index is 5.41. The summed E-state index contributed by atoms with van der Waals surface area (Å²) in [4.78, 5) is 0. The Hall–Kier alpha value is -0.640. The number of benzene rings is 1. The fourth-order valence-electron chi connectivity index (χ4n) is 1.34. The molecule has 0 unspecified atom stereocenters.